The third-order valence-electron chi connectivity index (χ3n) is 11.4. The maximum atomic E-state index is 11.0. The summed E-state index contributed by atoms with van der Waals surface area (Å²) >= 11 is 0. The largest absolute Gasteiger partial charge is 0.392 e. The minimum atomic E-state index is -1.24. The van der Waals surface area contributed by atoms with Crippen molar-refractivity contribution in [2.75, 3.05) is 6.61 Å². The molecule has 7 atom stereocenters. The maximum Gasteiger partial charge on any atom is 0.0877 e. The second kappa shape index (κ2) is 24.5. The summed E-state index contributed by atoms with van der Waals surface area (Å²) in [6.07, 6.45) is 18.5. The zero-order valence-corrected chi connectivity index (χ0v) is 35.9. The Bertz CT molecular complexity index is 1080. The summed E-state index contributed by atoms with van der Waals surface area (Å²) in [6.45, 7) is 19.0. The van der Waals surface area contributed by atoms with E-state index in [-0.39, 0.29) is 6.61 Å². The Morgan fingerprint density at radius 1 is 0.453 bits per heavy atom. The van der Waals surface area contributed by atoms with E-state index in [2.05, 4.69) is 26.0 Å². The van der Waals surface area contributed by atoms with Gasteiger partial charge in [-0.15, -0.1) is 0 Å². The van der Waals surface area contributed by atoms with Crippen molar-refractivity contribution in [3.05, 3.63) is 34.9 Å². The van der Waals surface area contributed by atoms with Gasteiger partial charge < -0.3 is 40.9 Å². The van der Waals surface area contributed by atoms with Gasteiger partial charge in [0, 0.05) is 0 Å². The molecule has 0 saturated heterocycles. The normalized spacial score (nSPS) is 20.3. The van der Waals surface area contributed by atoms with Crippen molar-refractivity contribution in [2.45, 2.75) is 244 Å². The second-order valence-electron chi connectivity index (χ2n) is 18.8. The summed E-state index contributed by atoms with van der Waals surface area (Å²) in [4.78, 5) is 0. The van der Waals surface area contributed by atoms with Gasteiger partial charge in [-0.05, 0) is 204 Å². The fourth-order valence-electron chi connectivity index (χ4n) is 7.27. The van der Waals surface area contributed by atoms with E-state index in [1.54, 1.807) is 13.8 Å². The van der Waals surface area contributed by atoms with Gasteiger partial charge in [-0.1, -0.05) is 34.9 Å². The van der Waals surface area contributed by atoms with Crippen LogP contribution in [-0.2, 0) is 0 Å². The molecule has 0 spiro atoms. The lowest BCUT2D eigenvalue weighted by atomic mass is 9.83. The average molecular weight is 755 g/mol. The van der Waals surface area contributed by atoms with E-state index < -0.39 is 39.7 Å². The standard InChI is InChI=1S/C45H86O8/c1-36(2)18-12-24-40(5,48)25-13-26-41(6,49)27-14-28-42(7,50)29-15-30-43(8,51)31-16-32-44(9,52)33-17-34-45(10,53)39(47)22-21-37(3)19-11-20-38(4)23-35-46/h18-19,23,39,46-53H,11-17,20-22,24-35H2,1-10H3/b37-19+,38-23+/t39-,40-,41-,42-,43-,44-,45+/m0/s1. The Balaban J connectivity index is 4.45. The minimum absolute atomic E-state index is 0.0565. The van der Waals surface area contributed by atoms with Crippen LogP contribution in [0, 0.1) is 0 Å². The molecule has 0 saturated carbocycles. The zero-order valence-electron chi connectivity index (χ0n) is 35.9. The van der Waals surface area contributed by atoms with E-state index in [0.717, 1.165) is 31.3 Å². The summed E-state index contributed by atoms with van der Waals surface area (Å²) in [5, 5.41) is 85.3. The van der Waals surface area contributed by atoms with Crippen LogP contribution in [0.2, 0.25) is 0 Å². The Kier molecular flexibility index (Phi) is 24.0. The number of aliphatic hydroxyl groups excluding tert-OH is 2. The van der Waals surface area contributed by atoms with Crippen LogP contribution >= 0.6 is 0 Å². The first-order chi connectivity index (χ1) is 24.2. The van der Waals surface area contributed by atoms with Crippen molar-refractivity contribution >= 4 is 0 Å². The van der Waals surface area contributed by atoms with Crippen molar-refractivity contribution < 1.29 is 40.9 Å². The van der Waals surface area contributed by atoms with Crippen LogP contribution in [0.4, 0.5) is 0 Å². The predicted molar refractivity (Wildman–Crippen MR) is 221 cm³/mol. The first-order valence-electron chi connectivity index (χ1n) is 20.8. The second-order valence-corrected chi connectivity index (χ2v) is 18.8. The van der Waals surface area contributed by atoms with Crippen LogP contribution in [0.15, 0.2) is 34.9 Å². The lowest BCUT2D eigenvalue weighted by Gasteiger charge is -2.32. The molecule has 8 heteroatoms. The van der Waals surface area contributed by atoms with Gasteiger partial charge in [0.1, 0.15) is 0 Å². The third-order valence-corrected chi connectivity index (χ3v) is 11.4. The molecular weight excluding hydrogens is 668 g/mol. The monoisotopic (exact) mass is 755 g/mol. The summed E-state index contributed by atoms with van der Waals surface area (Å²) in [6, 6.07) is 0. The molecule has 8 nitrogen and oxygen atoms in total. The van der Waals surface area contributed by atoms with Crippen molar-refractivity contribution in [3.63, 3.8) is 0 Å². The first-order valence-corrected chi connectivity index (χ1v) is 20.8. The van der Waals surface area contributed by atoms with Crippen LogP contribution in [-0.4, -0.2) is 87.2 Å². The highest BCUT2D eigenvalue weighted by Crippen LogP contribution is 2.32. The lowest BCUT2D eigenvalue weighted by Crippen LogP contribution is -2.39. The van der Waals surface area contributed by atoms with Crippen molar-refractivity contribution in [1.29, 1.82) is 0 Å². The summed E-state index contributed by atoms with van der Waals surface area (Å²) in [7, 11) is 0. The van der Waals surface area contributed by atoms with E-state index in [1.165, 1.54) is 11.1 Å². The zero-order chi connectivity index (χ0) is 41.0. The molecular formula is C45H86O8. The molecule has 0 radical (unpaired) electrons. The van der Waals surface area contributed by atoms with E-state index in [0.29, 0.717) is 109 Å². The number of hydrogen-bond donors (Lipinski definition) is 8. The predicted octanol–water partition coefficient (Wildman–Crippen LogP) is 8.90. The molecule has 0 aliphatic rings. The molecule has 0 unspecified atom stereocenters. The Morgan fingerprint density at radius 3 is 1.15 bits per heavy atom. The smallest absolute Gasteiger partial charge is 0.0877 e. The first kappa shape index (κ1) is 51.9. The highest BCUT2D eigenvalue weighted by atomic mass is 16.3. The number of hydrogen-bond acceptors (Lipinski definition) is 8. The van der Waals surface area contributed by atoms with E-state index in [4.69, 9.17) is 5.11 Å². The van der Waals surface area contributed by atoms with Crippen molar-refractivity contribution in [3.8, 4) is 0 Å². The highest BCUT2D eigenvalue weighted by Gasteiger charge is 2.32. The molecule has 0 aliphatic heterocycles. The summed E-state index contributed by atoms with van der Waals surface area (Å²) in [5.74, 6) is 0. The van der Waals surface area contributed by atoms with E-state index in [9.17, 15) is 35.7 Å². The SMILES string of the molecule is CC(C)=CCC[C@](C)(O)CCC[C@](C)(O)CCC[C@](C)(O)CCC[C@](C)(O)CCC[C@](C)(O)CCC[C@@](C)(O)[C@@H](O)CC/C(C)=C/CC/C(C)=C/CO. The fraction of sp³-hybridized carbons (Fsp3) is 0.867. The van der Waals surface area contributed by atoms with Gasteiger partial charge in [0.05, 0.1) is 46.3 Å². The van der Waals surface area contributed by atoms with Crippen LogP contribution in [0.25, 0.3) is 0 Å². The molecule has 8 N–H and O–H groups in total. The van der Waals surface area contributed by atoms with Crippen LogP contribution in [0.1, 0.15) is 204 Å². The molecule has 0 heterocycles. The van der Waals surface area contributed by atoms with E-state index >= 15 is 0 Å². The Labute approximate surface area is 325 Å². The number of aliphatic hydroxyl groups is 8. The fourth-order valence-corrected chi connectivity index (χ4v) is 7.27. The number of rotatable bonds is 31. The average Bonchev–Trinajstić information content (AvgIpc) is 2.98. The van der Waals surface area contributed by atoms with Gasteiger partial charge in [-0.25, -0.2) is 0 Å². The van der Waals surface area contributed by atoms with Gasteiger partial charge in [0.15, 0.2) is 0 Å². The number of allylic oxidation sites excluding steroid dienone is 5. The minimum Gasteiger partial charge on any atom is -0.392 e. The quantitative estimate of drug-likeness (QED) is 0.0326. The third kappa shape index (κ3) is 28.0. The molecule has 314 valence electrons. The highest BCUT2D eigenvalue weighted by molar-refractivity contribution is 5.04. The molecule has 0 aromatic heterocycles. The van der Waals surface area contributed by atoms with Crippen LogP contribution in [0.5, 0.6) is 0 Å². The van der Waals surface area contributed by atoms with Crippen molar-refractivity contribution in [1.82, 2.24) is 0 Å². The summed E-state index contributed by atoms with van der Waals surface area (Å²) < 4.78 is 0. The maximum absolute atomic E-state index is 11.0. The van der Waals surface area contributed by atoms with Gasteiger partial charge in [-0.3, -0.25) is 0 Å². The molecule has 0 aliphatic carbocycles. The molecule has 0 amide bonds. The molecule has 0 fully saturated rings. The molecule has 53 heavy (non-hydrogen) atoms. The lowest BCUT2D eigenvalue weighted by molar-refractivity contribution is -0.0746. The van der Waals surface area contributed by atoms with Gasteiger partial charge >= 0.3 is 0 Å². The molecule has 0 bridgehead atoms. The van der Waals surface area contributed by atoms with Gasteiger partial charge in [0.2, 0.25) is 0 Å². The molecule has 0 rings (SSSR count). The Morgan fingerprint density at radius 2 is 0.792 bits per heavy atom. The molecule has 0 aromatic rings. The summed E-state index contributed by atoms with van der Waals surface area (Å²) in [5.41, 5.74) is -1.97. The van der Waals surface area contributed by atoms with Crippen LogP contribution in [0.3, 0.4) is 0 Å². The van der Waals surface area contributed by atoms with Crippen molar-refractivity contribution in [2.24, 2.45) is 0 Å². The van der Waals surface area contributed by atoms with Gasteiger partial charge in [0.25, 0.3) is 0 Å². The van der Waals surface area contributed by atoms with Gasteiger partial charge in [-0.2, -0.15) is 0 Å². The Hall–Kier alpha value is -1.10. The van der Waals surface area contributed by atoms with Crippen LogP contribution < -0.4 is 0 Å². The molecule has 0 aromatic carbocycles. The topological polar surface area (TPSA) is 162 Å². The van der Waals surface area contributed by atoms with E-state index in [1.807, 2.05) is 47.6 Å².